The number of methoxy groups -OCH3 is 2. The number of rotatable bonds is 8. The van der Waals surface area contributed by atoms with Gasteiger partial charge in [-0.3, -0.25) is 9.69 Å². The van der Waals surface area contributed by atoms with Crippen molar-refractivity contribution in [3.8, 4) is 5.75 Å². The van der Waals surface area contributed by atoms with Crippen LogP contribution in [-0.4, -0.2) is 75.8 Å². The Morgan fingerprint density at radius 2 is 1.88 bits per heavy atom. The average molecular weight is 412 g/mol. The fourth-order valence-corrected chi connectivity index (χ4v) is 2.75. The Labute approximate surface area is 166 Å². The summed E-state index contributed by atoms with van der Waals surface area (Å²) in [6, 6.07) is 4.56. The third kappa shape index (κ3) is 7.63. The first-order valence-electron chi connectivity index (χ1n) is 8.16. The number of piperazine rings is 1. The van der Waals surface area contributed by atoms with Crippen LogP contribution in [0.5, 0.6) is 5.75 Å². The Kier molecular flexibility index (Phi) is 12.5. The van der Waals surface area contributed by atoms with Crippen LogP contribution >= 0.6 is 24.8 Å². The van der Waals surface area contributed by atoms with E-state index >= 15 is 0 Å². The third-order valence-corrected chi connectivity index (χ3v) is 4.12. The zero-order valence-corrected chi connectivity index (χ0v) is 16.8. The molecule has 0 spiro atoms. The van der Waals surface area contributed by atoms with Crippen molar-refractivity contribution in [1.29, 1.82) is 0 Å². The maximum absolute atomic E-state index is 13.4. The van der Waals surface area contributed by atoms with Gasteiger partial charge in [0.1, 0.15) is 11.6 Å². The number of benzene rings is 1. The SMILES string of the molecule is COCCNCC(=O)N1CCN(Cc2cc(F)ccc2OC)CC1.Cl.Cl. The summed E-state index contributed by atoms with van der Waals surface area (Å²) in [5, 5.41) is 3.07. The van der Waals surface area contributed by atoms with Crippen LogP contribution < -0.4 is 10.1 Å². The molecule has 26 heavy (non-hydrogen) atoms. The fraction of sp³-hybridized carbons (Fsp3) is 0.588. The summed E-state index contributed by atoms with van der Waals surface area (Å²) in [4.78, 5) is 16.2. The number of nitrogens with zero attached hydrogens (tertiary/aromatic N) is 2. The van der Waals surface area contributed by atoms with E-state index in [1.165, 1.54) is 12.1 Å². The smallest absolute Gasteiger partial charge is 0.236 e. The number of hydrogen-bond acceptors (Lipinski definition) is 5. The fourth-order valence-electron chi connectivity index (χ4n) is 2.75. The number of amides is 1. The molecule has 9 heteroatoms. The molecule has 0 unspecified atom stereocenters. The van der Waals surface area contributed by atoms with Crippen LogP contribution in [0.15, 0.2) is 18.2 Å². The van der Waals surface area contributed by atoms with E-state index in [1.807, 2.05) is 4.90 Å². The summed E-state index contributed by atoms with van der Waals surface area (Å²) >= 11 is 0. The quantitative estimate of drug-likeness (QED) is 0.657. The lowest BCUT2D eigenvalue weighted by atomic mass is 10.1. The molecule has 0 atom stereocenters. The number of carbonyl (C=O) groups excluding carboxylic acids is 1. The first-order chi connectivity index (χ1) is 11.6. The molecule has 0 aliphatic carbocycles. The molecule has 0 aromatic heterocycles. The first-order valence-corrected chi connectivity index (χ1v) is 8.16. The summed E-state index contributed by atoms with van der Waals surface area (Å²) < 4.78 is 23.7. The topological polar surface area (TPSA) is 54.0 Å². The van der Waals surface area contributed by atoms with Crippen molar-refractivity contribution >= 4 is 30.7 Å². The summed E-state index contributed by atoms with van der Waals surface area (Å²) in [6.07, 6.45) is 0. The summed E-state index contributed by atoms with van der Waals surface area (Å²) in [5.74, 6) is 0.535. The van der Waals surface area contributed by atoms with Gasteiger partial charge in [-0.15, -0.1) is 24.8 Å². The Morgan fingerprint density at radius 1 is 1.19 bits per heavy atom. The van der Waals surface area contributed by atoms with Gasteiger partial charge in [0.15, 0.2) is 0 Å². The van der Waals surface area contributed by atoms with E-state index < -0.39 is 0 Å². The lowest BCUT2D eigenvalue weighted by Crippen LogP contribution is -2.50. The Bertz CT molecular complexity index is 544. The molecule has 1 saturated heterocycles. The standard InChI is InChI=1S/C17H26FN3O3.2ClH/c1-23-10-5-19-12-17(22)21-8-6-20(7-9-21)13-14-11-15(18)3-4-16(14)24-2;;/h3-4,11,19H,5-10,12-13H2,1-2H3;2*1H. The Hall–Kier alpha value is -1.12. The van der Waals surface area contributed by atoms with Crippen LogP contribution in [0.3, 0.4) is 0 Å². The van der Waals surface area contributed by atoms with E-state index in [9.17, 15) is 9.18 Å². The van der Waals surface area contributed by atoms with Crippen molar-refractivity contribution in [2.24, 2.45) is 0 Å². The highest BCUT2D eigenvalue weighted by atomic mass is 35.5. The first kappa shape index (κ1) is 24.9. The molecule has 0 saturated carbocycles. The van der Waals surface area contributed by atoms with E-state index in [1.54, 1.807) is 20.3 Å². The summed E-state index contributed by atoms with van der Waals surface area (Å²) in [6.45, 7) is 5.12. The van der Waals surface area contributed by atoms with Crippen molar-refractivity contribution in [2.75, 3.05) is 60.1 Å². The second-order valence-corrected chi connectivity index (χ2v) is 5.78. The average Bonchev–Trinajstić information content (AvgIpc) is 2.59. The molecule has 1 aromatic carbocycles. The molecule has 1 fully saturated rings. The van der Waals surface area contributed by atoms with Gasteiger partial charge in [0.05, 0.1) is 20.3 Å². The zero-order valence-electron chi connectivity index (χ0n) is 15.2. The van der Waals surface area contributed by atoms with E-state index in [2.05, 4.69) is 10.2 Å². The van der Waals surface area contributed by atoms with E-state index in [-0.39, 0.29) is 36.5 Å². The number of nitrogens with one attached hydrogen (secondary N) is 1. The molecule has 1 aromatic rings. The number of carbonyl (C=O) groups is 1. The van der Waals surface area contributed by atoms with E-state index in [0.29, 0.717) is 45.1 Å². The van der Waals surface area contributed by atoms with Gasteiger partial charge in [0.2, 0.25) is 5.91 Å². The van der Waals surface area contributed by atoms with Crippen molar-refractivity contribution in [2.45, 2.75) is 6.54 Å². The van der Waals surface area contributed by atoms with Crippen LogP contribution in [0.1, 0.15) is 5.56 Å². The predicted octanol–water partition coefficient (Wildman–Crippen LogP) is 1.56. The van der Waals surface area contributed by atoms with Crippen LogP contribution in [0.4, 0.5) is 4.39 Å². The minimum absolute atomic E-state index is 0. The van der Waals surface area contributed by atoms with Gasteiger partial charge in [0, 0.05) is 51.9 Å². The normalized spacial score (nSPS) is 14.3. The van der Waals surface area contributed by atoms with Crippen LogP contribution in [0.25, 0.3) is 0 Å². The number of hydrogen-bond donors (Lipinski definition) is 1. The Morgan fingerprint density at radius 3 is 2.50 bits per heavy atom. The molecule has 1 aliphatic heterocycles. The van der Waals surface area contributed by atoms with Gasteiger partial charge in [-0.1, -0.05) is 0 Å². The van der Waals surface area contributed by atoms with Crippen LogP contribution in [-0.2, 0) is 16.1 Å². The molecule has 1 N–H and O–H groups in total. The van der Waals surface area contributed by atoms with Gasteiger partial charge in [-0.2, -0.15) is 0 Å². The lowest BCUT2D eigenvalue weighted by molar-refractivity contribution is -0.132. The molecule has 1 aliphatic rings. The monoisotopic (exact) mass is 411 g/mol. The van der Waals surface area contributed by atoms with Crippen molar-refractivity contribution in [3.05, 3.63) is 29.6 Å². The highest BCUT2D eigenvalue weighted by Gasteiger charge is 2.21. The second kappa shape index (κ2) is 13.1. The molecular weight excluding hydrogens is 384 g/mol. The molecule has 1 amide bonds. The zero-order chi connectivity index (χ0) is 17.4. The molecule has 0 bridgehead atoms. The van der Waals surface area contributed by atoms with E-state index in [0.717, 1.165) is 18.7 Å². The highest BCUT2D eigenvalue weighted by Crippen LogP contribution is 2.21. The Balaban J connectivity index is 0.00000312. The van der Waals surface area contributed by atoms with Crippen molar-refractivity contribution in [1.82, 2.24) is 15.1 Å². The van der Waals surface area contributed by atoms with Gasteiger partial charge in [-0.05, 0) is 18.2 Å². The van der Waals surface area contributed by atoms with Gasteiger partial charge < -0.3 is 19.7 Å². The summed E-state index contributed by atoms with van der Waals surface area (Å²) in [7, 11) is 3.22. The predicted molar refractivity (Wildman–Crippen MR) is 104 cm³/mol. The second-order valence-electron chi connectivity index (χ2n) is 5.78. The molecule has 150 valence electrons. The minimum Gasteiger partial charge on any atom is -0.496 e. The maximum Gasteiger partial charge on any atom is 0.236 e. The van der Waals surface area contributed by atoms with Crippen molar-refractivity contribution in [3.63, 3.8) is 0 Å². The molecule has 1 heterocycles. The van der Waals surface area contributed by atoms with Crippen LogP contribution in [0.2, 0.25) is 0 Å². The van der Waals surface area contributed by atoms with Gasteiger partial charge in [-0.25, -0.2) is 4.39 Å². The van der Waals surface area contributed by atoms with Crippen molar-refractivity contribution < 1.29 is 18.7 Å². The maximum atomic E-state index is 13.4. The molecule has 0 radical (unpaired) electrons. The van der Waals surface area contributed by atoms with E-state index in [4.69, 9.17) is 9.47 Å². The van der Waals surface area contributed by atoms with Crippen LogP contribution in [0, 0.1) is 5.82 Å². The highest BCUT2D eigenvalue weighted by molar-refractivity contribution is 5.85. The summed E-state index contributed by atoms with van der Waals surface area (Å²) in [5.41, 5.74) is 0.832. The largest absolute Gasteiger partial charge is 0.496 e. The molecular formula is C17H28Cl2FN3O3. The third-order valence-electron chi connectivity index (χ3n) is 4.12. The molecule has 2 rings (SSSR count). The number of ether oxygens (including phenoxy) is 2. The van der Waals surface area contributed by atoms with Gasteiger partial charge >= 0.3 is 0 Å². The lowest BCUT2D eigenvalue weighted by Gasteiger charge is -2.35. The van der Waals surface area contributed by atoms with Gasteiger partial charge in [0.25, 0.3) is 0 Å². The molecule has 6 nitrogen and oxygen atoms in total. The minimum atomic E-state index is -0.262. The number of halogens is 3.